The van der Waals surface area contributed by atoms with E-state index in [0.717, 1.165) is 35.7 Å². The first-order valence-electron chi connectivity index (χ1n) is 9.36. The summed E-state index contributed by atoms with van der Waals surface area (Å²) in [5.74, 6) is 0.269. The van der Waals surface area contributed by atoms with E-state index in [9.17, 15) is 13.6 Å². The highest BCUT2D eigenvalue weighted by Gasteiger charge is 2.08. The molecule has 0 atom stereocenters. The number of carbonyl (C=O) groups excluding carboxylic acids is 1. The lowest BCUT2D eigenvalue weighted by Crippen LogP contribution is -2.27. The second-order valence-electron chi connectivity index (χ2n) is 6.71. The largest absolute Gasteiger partial charge is 0.368 e. The molecule has 2 N–H and O–H groups in total. The molecule has 2 heterocycles. The van der Waals surface area contributed by atoms with Crippen LogP contribution in [-0.2, 0) is 4.79 Å². The third-order valence-electron chi connectivity index (χ3n) is 4.15. The van der Waals surface area contributed by atoms with Gasteiger partial charge in [0.25, 0.3) is 0 Å². The van der Waals surface area contributed by atoms with Crippen molar-refractivity contribution in [3.05, 3.63) is 70.8 Å². The molecular formula is C21H22F2N6O. The fourth-order valence-corrected chi connectivity index (χ4v) is 2.85. The normalized spacial score (nSPS) is 11.1. The van der Waals surface area contributed by atoms with Gasteiger partial charge in [-0.1, -0.05) is 0 Å². The number of hydrogen-bond acceptors (Lipinski definition) is 5. The molecule has 1 amide bonds. The first kappa shape index (κ1) is 21.1. The molecule has 0 fully saturated rings. The Kier molecular flexibility index (Phi) is 6.51. The smallest absolute Gasteiger partial charge is 0.244 e. The van der Waals surface area contributed by atoms with Crippen molar-refractivity contribution < 1.29 is 13.6 Å². The summed E-state index contributed by atoms with van der Waals surface area (Å²) < 4.78 is 28.4. The van der Waals surface area contributed by atoms with Crippen LogP contribution >= 0.6 is 0 Å². The molecule has 0 aliphatic carbocycles. The van der Waals surface area contributed by atoms with Crippen molar-refractivity contribution in [2.75, 3.05) is 18.4 Å². The minimum absolute atomic E-state index is 0.0106. The summed E-state index contributed by atoms with van der Waals surface area (Å²) in [6.45, 7) is 6.38. The monoisotopic (exact) mass is 412 g/mol. The van der Waals surface area contributed by atoms with Gasteiger partial charge in [0, 0.05) is 36.5 Å². The minimum atomic E-state index is -0.598. The van der Waals surface area contributed by atoms with E-state index in [-0.39, 0.29) is 5.56 Å². The van der Waals surface area contributed by atoms with Crippen molar-refractivity contribution in [3.8, 4) is 5.82 Å². The van der Waals surface area contributed by atoms with E-state index in [0.29, 0.717) is 30.5 Å². The SMILES string of the molecule is Cc1cc(C)n(-c2cc(NCCNC(=O)/C=C/c3cc(F)ccc3F)nc(C)n2)n1. The lowest BCUT2D eigenvalue weighted by molar-refractivity contribution is -0.116. The Balaban J connectivity index is 1.54. The molecule has 1 aromatic carbocycles. The lowest BCUT2D eigenvalue weighted by atomic mass is 10.2. The third-order valence-corrected chi connectivity index (χ3v) is 4.15. The summed E-state index contributed by atoms with van der Waals surface area (Å²) in [5, 5.41) is 10.2. The lowest BCUT2D eigenvalue weighted by Gasteiger charge is -2.10. The maximum atomic E-state index is 13.6. The van der Waals surface area contributed by atoms with Gasteiger partial charge in [-0.15, -0.1) is 0 Å². The number of aromatic nitrogens is 4. The van der Waals surface area contributed by atoms with Gasteiger partial charge in [-0.25, -0.2) is 23.4 Å². The van der Waals surface area contributed by atoms with E-state index in [1.54, 1.807) is 17.7 Å². The molecule has 2 aromatic heterocycles. The van der Waals surface area contributed by atoms with Gasteiger partial charge in [0.05, 0.1) is 5.69 Å². The Morgan fingerprint density at radius 2 is 1.90 bits per heavy atom. The van der Waals surface area contributed by atoms with Gasteiger partial charge in [-0.3, -0.25) is 4.79 Å². The number of carbonyl (C=O) groups is 1. The van der Waals surface area contributed by atoms with E-state index in [2.05, 4.69) is 25.7 Å². The van der Waals surface area contributed by atoms with Crippen molar-refractivity contribution >= 4 is 17.8 Å². The molecule has 3 rings (SSSR count). The van der Waals surface area contributed by atoms with Crippen LogP contribution in [0.5, 0.6) is 0 Å². The molecule has 0 saturated carbocycles. The number of nitrogens with zero attached hydrogens (tertiary/aromatic N) is 4. The second kappa shape index (κ2) is 9.25. The van der Waals surface area contributed by atoms with E-state index in [4.69, 9.17) is 0 Å². The van der Waals surface area contributed by atoms with Crippen molar-refractivity contribution in [3.63, 3.8) is 0 Å². The molecule has 0 aliphatic heterocycles. The van der Waals surface area contributed by atoms with Crippen molar-refractivity contribution in [1.29, 1.82) is 0 Å². The molecule has 156 valence electrons. The number of benzene rings is 1. The first-order valence-corrected chi connectivity index (χ1v) is 9.36. The summed E-state index contributed by atoms with van der Waals surface area (Å²) >= 11 is 0. The van der Waals surface area contributed by atoms with Crippen LogP contribution < -0.4 is 10.6 Å². The average molecular weight is 412 g/mol. The zero-order chi connectivity index (χ0) is 21.7. The summed E-state index contributed by atoms with van der Waals surface area (Å²) in [6.07, 6.45) is 2.39. The van der Waals surface area contributed by atoms with Gasteiger partial charge < -0.3 is 10.6 Å². The minimum Gasteiger partial charge on any atom is -0.368 e. The molecule has 0 bridgehead atoms. The van der Waals surface area contributed by atoms with Crippen LogP contribution in [0.25, 0.3) is 11.9 Å². The standard InChI is InChI=1S/C21H22F2N6O/c1-13-10-14(2)29(28-13)20-12-19(26-15(3)27-20)24-8-9-25-21(30)7-4-16-11-17(22)5-6-18(16)23/h4-7,10-12H,8-9H2,1-3H3,(H,25,30)(H,24,26,27)/b7-4+. The molecule has 0 spiro atoms. The number of rotatable bonds is 7. The van der Waals surface area contributed by atoms with E-state index < -0.39 is 17.5 Å². The van der Waals surface area contributed by atoms with E-state index >= 15 is 0 Å². The Labute approximate surface area is 172 Å². The highest BCUT2D eigenvalue weighted by atomic mass is 19.1. The van der Waals surface area contributed by atoms with Crippen LogP contribution in [0.4, 0.5) is 14.6 Å². The molecule has 7 nitrogen and oxygen atoms in total. The topological polar surface area (TPSA) is 84.7 Å². The predicted octanol–water partition coefficient (Wildman–Crippen LogP) is 3.11. The first-order chi connectivity index (χ1) is 14.3. The average Bonchev–Trinajstić information content (AvgIpc) is 3.03. The fraction of sp³-hybridized carbons (Fsp3) is 0.238. The maximum absolute atomic E-state index is 13.6. The molecular weight excluding hydrogens is 390 g/mol. The molecule has 0 aliphatic rings. The van der Waals surface area contributed by atoms with Crippen molar-refractivity contribution in [2.45, 2.75) is 20.8 Å². The Bertz CT molecular complexity index is 1090. The molecule has 0 unspecified atom stereocenters. The molecule has 0 saturated heterocycles. The van der Waals surface area contributed by atoms with Crippen LogP contribution in [0.2, 0.25) is 0 Å². The van der Waals surface area contributed by atoms with Gasteiger partial charge in [0.1, 0.15) is 23.3 Å². The summed E-state index contributed by atoms with van der Waals surface area (Å²) in [4.78, 5) is 20.6. The predicted molar refractivity (Wildman–Crippen MR) is 110 cm³/mol. The quantitative estimate of drug-likeness (QED) is 0.460. The number of aryl methyl sites for hydroxylation is 3. The number of halogens is 2. The number of amides is 1. The molecule has 3 aromatic rings. The highest BCUT2D eigenvalue weighted by molar-refractivity contribution is 5.91. The summed E-state index contributed by atoms with van der Waals surface area (Å²) in [5.41, 5.74) is 1.87. The van der Waals surface area contributed by atoms with E-state index in [1.807, 2.05) is 19.9 Å². The van der Waals surface area contributed by atoms with Crippen LogP contribution in [0, 0.1) is 32.4 Å². The van der Waals surface area contributed by atoms with Gasteiger partial charge in [-0.05, 0) is 51.1 Å². The maximum Gasteiger partial charge on any atom is 0.244 e. The fourth-order valence-electron chi connectivity index (χ4n) is 2.85. The van der Waals surface area contributed by atoms with Gasteiger partial charge in [-0.2, -0.15) is 5.10 Å². The summed E-state index contributed by atoms with van der Waals surface area (Å²) in [6, 6.07) is 6.80. The van der Waals surface area contributed by atoms with Crippen LogP contribution in [0.15, 0.2) is 36.4 Å². The van der Waals surface area contributed by atoms with Crippen LogP contribution in [-0.4, -0.2) is 38.7 Å². The molecule has 30 heavy (non-hydrogen) atoms. The van der Waals surface area contributed by atoms with Crippen molar-refractivity contribution in [2.24, 2.45) is 0 Å². The highest BCUT2D eigenvalue weighted by Crippen LogP contribution is 2.14. The van der Waals surface area contributed by atoms with Gasteiger partial charge >= 0.3 is 0 Å². The van der Waals surface area contributed by atoms with Gasteiger partial charge in [0.15, 0.2) is 5.82 Å². The Morgan fingerprint density at radius 3 is 2.63 bits per heavy atom. The molecule has 0 radical (unpaired) electrons. The van der Waals surface area contributed by atoms with E-state index in [1.165, 1.54) is 6.08 Å². The number of hydrogen-bond donors (Lipinski definition) is 2. The molecule has 9 heteroatoms. The third kappa shape index (κ3) is 5.47. The Hall–Kier alpha value is -3.62. The second-order valence-corrected chi connectivity index (χ2v) is 6.71. The number of nitrogens with one attached hydrogen (secondary N) is 2. The number of anilines is 1. The van der Waals surface area contributed by atoms with Crippen molar-refractivity contribution in [1.82, 2.24) is 25.1 Å². The van der Waals surface area contributed by atoms with Gasteiger partial charge in [0.2, 0.25) is 5.91 Å². The van der Waals surface area contributed by atoms with Crippen LogP contribution in [0.3, 0.4) is 0 Å². The zero-order valence-electron chi connectivity index (χ0n) is 16.9. The zero-order valence-corrected chi connectivity index (χ0v) is 16.9. The van der Waals surface area contributed by atoms with Crippen LogP contribution in [0.1, 0.15) is 22.8 Å². The summed E-state index contributed by atoms with van der Waals surface area (Å²) in [7, 11) is 0. The Morgan fingerprint density at radius 1 is 1.10 bits per heavy atom.